The molecule has 1 heterocycles. The highest BCUT2D eigenvalue weighted by Crippen LogP contribution is 2.16. The molecule has 0 saturated heterocycles. The van der Waals surface area contributed by atoms with E-state index < -0.39 is 0 Å². The minimum Gasteiger partial charge on any atom is -0.464 e. The molecule has 0 bridgehead atoms. The lowest BCUT2D eigenvalue weighted by Crippen LogP contribution is -2.38. The van der Waals surface area contributed by atoms with Crippen LogP contribution in [-0.2, 0) is 11.3 Å². The smallest absolute Gasteiger partial charge is 0.223 e. The predicted molar refractivity (Wildman–Crippen MR) is 76.6 cm³/mol. The Morgan fingerprint density at radius 1 is 1.42 bits per heavy atom. The SMILES string of the molecule is CCC(CN)CC(=O)N(Cc1ccc(C)o1)C(C)C. The largest absolute Gasteiger partial charge is 0.464 e. The summed E-state index contributed by atoms with van der Waals surface area (Å²) in [5.74, 6) is 2.13. The summed E-state index contributed by atoms with van der Waals surface area (Å²) >= 11 is 0. The van der Waals surface area contributed by atoms with Crippen molar-refractivity contribution in [2.24, 2.45) is 11.7 Å². The van der Waals surface area contributed by atoms with E-state index in [1.54, 1.807) is 0 Å². The Morgan fingerprint density at radius 3 is 2.53 bits per heavy atom. The Bertz CT molecular complexity index is 395. The van der Waals surface area contributed by atoms with Crippen molar-refractivity contribution in [3.63, 3.8) is 0 Å². The van der Waals surface area contributed by atoms with Crippen molar-refractivity contribution >= 4 is 5.91 Å². The molecule has 2 N–H and O–H groups in total. The monoisotopic (exact) mass is 266 g/mol. The highest BCUT2D eigenvalue weighted by atomic mass is 16.3. The summed E-state index contributed by atoms with van der Waals surface area (Å²) in [4.78, 5) is 14.2. The second-order valence-electron chi connectivity index (χ2n) is 5.34. The van der Waals surface area contributed by atoms with Gasteiger partial charge in [-0.25, -0.2) is 0 Å². The van der Waals surface area contributed by atoms with Gasteiger partial charge in [0.15, 0.2) is 0 Å². The summed E-state index contributed by atoms with van der Waals surface area (Å²) in [7, 11) is 0. The van der Waals surface area contributed by atoms with Crippen LogP contribution in [0.25, 0.3) is 0 Å². The molecule has 108 valence electrons. The van der Waals surface area contributed by atoms with E-state index in [1.807, 2.05) is 37.8 Å². The number of carbonyl (C=O) groups excluding carboxylic acids is 1. The molecule has 1 unspecified atom stereocenters. The zero-order valence-corrected chi connectivity index (χ0v) is 12.5. The van der Waals surface area contributed by atoms with E-state index in [0.717, 1.165) is 17.9 Å². The number of aryl methyl sites for hydroxylation is 1. The van der Waals surface area contributed by atoms with Gasteiger partial charge in [-0.05, 0) is 45.4 Å². The molecule has 19 heavy (non-hydrogen) atoms. The zero-order chi connectivity index (χ0) is 14.4. The summed E-state index contributed by atoms with van der Waals surface area (Å²) < 4.78 is 5.55. The van der Waals surface area contributed by atoms with Crippen molar-refractivity contribution in [1.82, 2.24) is 4.90 Å². The van der Waals surface area contributed by atoms with Crippen LogP contribution >= 0.6 is 0 Å². The third-order valence-corrected chi connectivity index (χ3v) is 3.44. The van der Waals surface area contributed by atoms with Gasteiger partial charge in [0.1, 0.15) is 11.5 Å². The van der Waals surface area contributed by atoms with Gasteiger partial charge in [-0.3, -0.25) is 4.79 Å². The lowest BCUT2D eigenvalue weighted by molar-refractivity contribution is -0.134. The number of hydrogen-bond acceptors (Lipinski definition) is 3. The van der Waals surface area contributed by atoms with Crippen LogP contribution in [0.5, 0.6) is 0 Å². The molecule has 0 aliphatic carbocycles. The number of amides is 1. The fourth-order valence-corrected chi connectivity index (χ4v) is 2.06. The van der Waals surface area contributed by atoms with E-state index >= 15 is 0 Å². The number of nitrogens with zero attached hydrogens (tertiary/aromatic N) is 1. The molecule has 0 spiro atoms. The lowest BCUT2D eigenvalue weighted by Gasteiger charge is -2.27. The normalized spacial score (nSPS) is 12.7. The van der Waals surface area contributed by atoms with Crippen LogP contribution < -0.4 is 5.73 Å². The van der Waals surface area contributed by atoms with Crippen LogP contribution in [0.3, 0.4) is 0 Å². The Hall–Kier alpha value is -1.29. The molecule has 0 saturated carbocycles. The zero-order valence-electron chi connectivity index (χ0n) is 12.5. The van der Waals surface area contributed by atoms with E-state index in [2.05, 4.69) is 6.92 Å². The first kappa shape index (κ1) is 15.8. The number of carbonyl (C=O) groups is 1. The van der Waals surface area contributed by atoms with Gasteiger partial charge >= 0.3 is 0 Å². The first-order chi connectivity index (χ1) is 8.97. The summed E-state index contributed by atoms with van der Waals surface area (Å²) in [5, 5.41) is 0. The first-order valence-corrected chi connectivity index (χ1v) is 7.02. The fraction of sp³-hybridized carbons (Fsp3) is 0.667. The Morgan fingerprint density at radius 2 is 2.11 bits per heavy atom. The first-order valence-electron chi connectivity index (χ1n) is 7.02. The highest BCUT2D eigenvalue weighted by Gasteiger charge is 2.21. The number of nitrogens with two attached hydrogens (primary N) is 1. The molecule has 0 aliphatic rings. The molecule has 4 nitrogen and oxygen atoms in total. The molecule has 0 radical (unpaired) electrons. The molecule has 1 aromatic rings. The van der Waals surface area contributed by atoms with Crippen molar-refractivity contribution in [1.29, 1.82) is 0 Å². The van der Waals surface area contributed by atoms with Gasteiger partial charge in [0.25, 0.3) is 0 Å². The van der Waals surface area contributed by atoms with Crippen LogP contribution in [0, 0.1) is 12.8 Å². The molecule has 1 aromatic heterocycles. The molecule has 0 aliphatic heterocycles. The van der Waals surface area contributed by atoms with Crippen LogP contribution in [0.1, 0.15) is 45.1 Å². The molecule has 1 rings (SSSR count). The maximum atomic E-state index is 12.4. The number of furan rings is 1. The summed E-state index contributed by atoms with van der Waals surface area (Å²) in [6, 6.07) is 4.01. The predicted octanol–water partition coefficient (Wildman–Crippen LogP) is 2.70. The van der Waals surface area contributed by atoms with E-state index in [0.29, 0.717) is 19.5 Å². The van der Waals surface area contributed by atoms with E-state index in [1.165, 1.54) is 0 Å². The third kappa shape index (κ3) is 4.71. The summed E-state index contributed by atoms with van der Waals surface area (Å²) in [6.45, 7) is 9.13. The standard InChI is InChI=1S/C15H26N2O2/c1-5-13(9-16)8-15(18)17(11(2)3)10-14-7-6-12(4)19-14/h6-7,11,13H,5,8-10,16H2,1-4H3. The second-order valence-corrected chi connectivity index (χ2v) is 5.34. The molecule has 4 heteroatoms. The Balaban J connectivity index is 2.69. The van der Waals surface area contributed by atoms with Crippen LogP contribution in [0.2, 0.25) is 0 Å². The van der Waals surface area contributed by atoms with Gasteiger partial charge in [0.05, 0.1) is 6.54 Å². The molecule has 1 atom stereocenters. The van der Waals surface area contributed by atoms with E-state index in [9.17, 15) is 4.79 Å². The Labute approximate surface area is 116 Å². The quantitative estimate of drug-likeness (QED) is 0.825. The van der Waals surface area contributed by atoms with Gasteiger partial charge in [-0.1, -0.05) is 13.3 Å². The van der Waals surface area contributed by atoms with Crippen molar-refractivity contribution in [2.45, 2.75) is 53.1 Å². The van der Waals surface area contributed by atoms with Crippen molar-refractivity contribution in [3.8, 4) is 0 Å². The van der Waals surface area contributed by atoms with Gasteiger partial charge in [-0.2, -0.15) is 0 Å². The second kappa shape index (κ2) is 7.34. The minimum absolute atomic E-state index is 0.154. The molecular weight excluding hydrogens is 240 g/mol. The van der Waals surface area contributed by atoms with Crippen LogP contribution in [-0.4, -0.2) is 23.4 Å². The molecule has 0 aromatic carbocycles. The van der Waals surface area contributed by atoms with Crippen molar-refractivity contribution in [2.75, 3.05) is 6.54 Å². The number of hydrogen-bond donors (Lipinski definition) is 1. The maximum Gasteiger partial charge on any atom is 0.223 e. The average Bonchev–Trinajstić information content (AvgIpc) is 2.78. The van der Waals surface area contributed by atoms with Crippen molar-refractivity contribution < 1.29 is 9.21 Å². The van der Waals surface area contributed by atoms with Crippen molar-refractivity contribution in [3.05, 3.63) is 23.7 Å². The fourth-order valence-electron chi connectivity index (χ4n) is 2.06. The topological polar surface area (TPSA) is 59.5 Å². The van der Waals surface area contributed by atoms with E-state index in [4.69, 9.17) is 10.2 Å². The van der Waals surface area contributed by atoms with Crippen LogP contribution in [0.15, 0.2) is 16.5 Å². The summed E-state index contributed by atoms with van der Waals surface area (Å²) in [6.07, 6.45) is 1.46. The van der Waals surface area contributed by atoms with Gasteiger partial charge in [0, 0.05) is 12.5 Å². The van der Waals surface area contributed by atoms with Gasteiger partial charge < -0.3 is 15.1 Å². The van der Waals surface area contributed by atoms with Crippen LogP contribution in [0.4, 0.5) is 0 Å². The lowest BCUT2D eigenvalue weighted by atomic mass is 10.0. The van der Waals surface area contributed by atoms with Gasteiger partial charge in [-0.15, -0.1) is 0 Å². The molecule has 1 amide bonds. The maximum absolute atomic E-state index is 12.4. The average molecular weight is 266 g/mol. The Kier molecular flexibility index (Phi) is 6.09. The molecule has 0 fully saturated rings. The minimum atomic E-state index is 0.154. The van der Waals surface area contributed by atoms with Gasteiger partial charge in [0.2, 0.25) is 5.91 Å². The number of rotatable bonds is 7. The summed E-state index contributed by atoms with van der Waals surface area (Å²) in [5.41, 5.74) is 5.67. The third-order valence-electron chi connectivity index (χ3n) is 3.44. The highest BCUT2D eigenvalue weighted by molar-refractivity contribution is 5.76. The molecular formula is C15H26N2O2. The van der Waals surface area contributed by atoms with E-state index in [-0.39, 0.29) is 17.9 Å².